The van der Waals surface area contributed by atoms with Crippen LogP contribution in [-0.2, 0) is 4.79 Å². The van der Waals surface area contributed by atoms with Gasteiger partial charge in [0.25, 0.3) is 5.91 Å². The van der Waals surface area contributed by atoms with Gasteiger partial charge in [0.1, 0.15) is 0 Å². The molecule has 1 aromatic carbocycles. The number of hydrogen-bond acceptors (Lipinski definition) is 4. The SMILES string of the molecule is CCC(C)NCC(=O)Nc1ccc(C(=O)NCCO)cc1. The molecule has 0 aliphatic rings. The van der Waals surface area contributed by atoms with Gasteiger partial charge in [-0.2, -0.15) is 0 Å². The number of nitrogens with one attached hydrogen (secondary N) is 3. The molecule has 6 heteroatoms. The van der Waals surface area contributed by atoms with Crippen LogP contribution in [0.2, 0.25) is 0 Å². The van der Waals surface area contributed by atoms with E-state index in [4.69, 9.17) is 5.11 Å². The number of hydrogen-bond donors (Lipinski definition) is 4. The van der Waals surface area contributed by atoms with E-state index in [0.717, 1.165) is 6.42 Å². The summed E-state index contributed by atoms with van der Waals surface area (Å²) in [5, 5.41) is 17.1. The minimum atomic E-state index is -0.250. The van der Waals surface area contributed by atoms with E-state index < -0.39 is 0 Å². The van der Waals surface area contributed by atoms with Crippen molar-refractivity contribution in [2.24, 2.45) is 0 Å². The molecule has 0 aliphatic carbocycles. The van der Waals surface area contributed by atoms with Crippen molar-refractivity contribution in [3.63, 3.8) is 0 Å². The van der Waals surface area contributed by atoms with Gasteiger partial charge in [0.15, 0.2) is 0 Å². The molecule has 0 fully saturated rings. The van der Waals surface area contributed by atoms with E-state index in [1.165, 1.54) is 0 Å². The van der Waals surface area contributed by atoms with Crippen LogP contribution in [-0.4, -0.2) is 42.7 Å². The number of aliphatic hydroxyl groups is 1. The van der Waals surface area contributed by atoms with E-state index in [2.05, 4.69) is 22.9 Å². The highest BCUT2D eigenvalue weighted by atomic mass is 16.3. The van der Waals surface area contributed by atoms with E-state index in [9.17, 15) is 9.59 Å². The Labute approximate surface area is 124 Å². The average molecular weight is 293 g/mol. The van der Waals surface area contributed by atoms with Crippen LogP contribution in [0.3, 0.4) is 0 Å². The first-order chi connectivity index (χ1) is 10.1. The predicted molar refractivity (Wildman–Crippen MR) is 82.2 cm³/mol. The molecule has 2 amide bonds. The third kappa shape index (κ3) is 6.37. The number of carbonyl (C=O) groups is 2. The van der Waals surface area contributed by atoms with Gasteiger partial charge in [-0.3, -0.25) is 9.59 Å². The lowest BCUT2D eigenvalue weighted by atomic mass is 10.2. The largest absolute Gasteiger partial charge is 0.395 e. The molecule has 1 atom stereocenters. The van der Waals surface area contributed by atoms with Crippen LogP contribution in [0.1, 0.15) is 30.6 Å². The molecule has 0 aliphatic heterocycles. The summed E-state index contributed by atoms with van der Waals surface area (Å²) >= 11 is 0. The fraction of sp³-hybridized carbons (Fsp3) is 0.467. The summed E-state index contributed by atoms with van der Waals surface area (Å²) < 4.78 is 0. The summed E-state index contributed by atoms with van der Waals surface area (Å²) in [6.45, 7) is 4.46. The highest BCUT2D eigenvalue weighted by molar-refractivity contribution is 5.96. The minimum absolute atomic E-state index is 0.0942. The summed E-state index contributed by atoms with van der Waals surface area (Å²) in [6.07, 6.45) is 0.963. The highest BCUT2D eigenvalue weighted by Gasteiger charge is 2.07. The molecule has 0 spiro atoms. The van der Waals surface area contributed by atoms with Gasteiger partial charge in [0.05, 0.1) is 13.2 Å². The molecule has 1 aromatic rings. The lowest BCUT2D eigenvalue weighted by molar-refractivity contribution is -0.115. The quantitative estimate of drug-likeness (QED) is 0.569. The van der Waals surface area contributed by atoms with Crippen LogP contribution in [0.15, 0.2) is 24.3 Å². The molecular weight excluding hydrogens is 270 g/mol. The van der Waals surface area contributed by atoms with Crippen molar-refractivity contribution < 1.29 is 14.7 Å². The average Bonchev–Trinajstić information content (AvgIpc) is 2.50. The zero-order valence-electron chi connectivity index (χ0n) is 12.5. The number of amides is 2. The summed E-state index contributed by atoms with van der Waals surface area (Å²) in [5.74, 6) is -0.367. The monoisotopic (exact) mass is 293 g/mol. The molecule has 21 heavy (non-hydrogen) atoms. The second-order valence-corrected chi connectivity index (χ2v) is 4.80. The van der Waals surface area contributed by atoms with Gasteiger partial charge >= 0.3 is 0 Å². The number of anilines is 1. The number of carbonyl (C=O) groups excluding carboxylic acids is 2. The Kier molecular flexibility index (Phi) is 7.42. The fourth-order valence-corrected chi connectivity index (χ4v) is 1.59. The van der Waals surface area contributed by atoms with Gasteiger partial charge in [0.2, 0.25) is 5.91 Å². The first kappa shape index (κ1) is 17.1. The van der Waals surface area contributed by atoms with Crippen molar-refractivity contribution in [3.05, 3.63) is 29.8 Å². The van der Waals surface area contributed by atoms with E-state index in [1.807, 2.05) is 6.92 Å². The van der Waals surface area contributed by atoms with E-state index in [0.29, 0.717) is 17.3 Å². The molecule has 116 valence electrons. The second kappa shape index (κ2) is 9.10. The van der Waals surface area contributed by atoms with Gasteiger partial charge in [-0.25, -0.2) is 0 Å². The molecule has 1 unspecified atom stereocenters. The van der Waals surface area contributed by atoms with Crippen molar-refractivity contribution in [1.82, 2.24) is 10.6 Å². The Morgan fingerprint density at radius 2 is 1.90 bits per heavy atom. The van der Waals surface area contributed by atoms with Crippen LogP contribution in [0.4, 0.5) is 5.69 Å². The maximum absolute atomic E-state index is 11.7. The molecule has 0 aromatic heterocycles. The smallest absolute Gasteiger partial charge is 0.251 e. The molecule has 6 nitrogen and oxygen atoms in total. The maximum atomic E-state index is 11.7. The molecular formula is C15H23N3O3. The Balaban J connectivity index is 2.47. The van der Waals surface area contributed by atoms with Crippen LogP contribution >= 0.6 is 0 Å². The van der Waals surface area contributed by atoms with Crippen LogP contribution in [0.25, 0.3) is 0 Å². The van der Waals surface area contributed by atoms with E-state index in [-0.39, 0.29) is 31.5 Å². The zero-order valence-corrected chi connectivity index (χ0v) is 12.5. The van der Waals surface area contributed by atoms with Crippen LogP contribution in [0.5, 0.6) is 0 Å². The van der Waals surface area contributed by atoms with Crippen molar-refractivity contribution >= 4 is 17.5 Å². The van der Waals surface area contributed by atoms with Crippen LogP contribution in [0, 0.1) is 0 Å². The van der Waals surface area contributed by atoms with Gasteiger partial charge in [0, 0.05) is 23.8 Å². The first-order valence-corrected chi connectivity index (χ1v) is 7.09. The maximum Gasteiger partial charge on any atom is 0.251 e. The van der Waals surface area contributed by atoms with Crippen molar-refractivity contribution in [2.45, 2.75) is 26.3 Å². The summed E-state index contributed by atoms with van der Waals surface area (Å²) in [7, 11) is 0. The van der Waals surface area contributed by atoms with E-state index in [1.54, 1.807) is 24.3 Å². The van der Waals surface area contributed by atoms with Gasteiger partial charge < -0.3 is 21.1 Å². The topological polar surface area (TPSA) is 90.5 Å². The number of rotatable bonds is 8. The van der Waals surface area contributed by atoms with Crippen molar-refractivity contribution in [2.75, 3.05) is 25.0 Å². The molecule has 0 saturated heterocycles. The third-order valence-corrected chi connectivity index (χ3v) is 3.05. The van der Waals surface area contributed by atoms with Crippen molar-refractivity contribution in [1.29, 1.82) is 0 Å². The summed E-state index contributed by atoms with van der Waals surface area (Å²) in [4.78, 5) is 23.3. The Morgan fingerprint density at radius 3 is 2.48 bits per heavy atom. The molecule has 0 radical (unpaired) electrons. The Morgan fingerprint density at radius 1 is 1.24 bits per heavy atom. The van der Waals surface area contributed by atoms with Crippen molar-refractivity contribution in [3.8, 4) is 0 Å². The predicted octanol–water partition coefficient (Wildman–Crippen LogP) is 0.735. The van der Waals surface area contributed by atoms with Gasteiger partial charge in [-0.1, -0.05) is 6.92 Å². The molecule has 4 N–H and O–H groups in total. The van der Waals surface area contributed by atoms with Crippen LogP contribution < -0.4 is 16.0 Å². The second-order valence-electron chi connectivity index (χ2n) is 4.80. The highest BCUT2D eigenvalue weighted by Crippen LogP contribution is 2.09. The van der Waals surface area contributed by atoms with E-state index >= 15 is 0 Å². The fourth-order valence-electron chi connectivity index (χ4n) is 1.59. The molecule has 0 heterocycles. The molecule has 0 saturated carbocycles. The lowest BCUT2D eigenvalue weighted by Gasteiger charge is -2.11. The van der Waals surface area contributed by atoms with Gasteiger partial charge in [-0.05, 0) is 37.6 Å². The standard InChI is InChI=1S/C15H23N3O3/c1-3-11(2)17-10-14(20)18-13-6-4-12(5-7-13)15(21)16-8-9-19/h4-7,11,17,19H,3,8-10H2,1-2H3,(H,16,21)(H,18,20). The number of aliphatic hydroxyl groups excluding tert-OH is 1. The third-order valence-electron chi connectivity index (χ3n) is 3.05. The lowest BCUT2D eigenvalue weighted by Crippen LogP contribution is -2.34. The zero-order chi connectivity index (χ0) is 15.7. The summed E-state index contributed by atoms with van der Waals surface area (Å²) in [5.41, 5.74) is 1.13. The Hall–Kier alpha value is -1.92. The number of benzene rings is 1. The normalized spacial score (nSPS) is 11.8. The van der Waals surface area contributed by atoms with Gasteiger partial charge in [-0.15, -0.1) is 0 Å². The molecule has 1 rings (SSSR count). The first-order valence-electron chi connectivity index (χ1n) is 7.09. The summed E-state index contributed by atoms with van der Waals surface area (Å²) in [6, 6.07) is 6.91. The minimum Gasteiger partial charge on any atom is -0.395 e. The molecule has 0 bridgehead atoms. The Bertz CT molecular complexity index is 460.